The van der Waals surface area contributed by atoms with Gasteiger partial charge in [0, 0.05) is 13.1 Å². The molecule has 0 bridgehead atoms. The van der Waals surface area contributed by atoms with Crippen molar-refractivity contribution in [1.29, 1.82) is 0 Å². The summed E-state index contributed by atoms with van der Waals surface area (Å²) < 4.78 is 35.3. The summed E-state index contributed by atoms with van der Waals surface area (Å²) in [5.74, 6) is 0.0979. The van der Waals surface area contributed by atoms with E-state index in [-0.39, 0.29) is 12.5 Å². The number of nitrogens with one attached hydrogen (secondary N) is 1. The summed E-state index contributed by atoms with van der Waals surface area (Å²) in [7, 11) is 0. The topological polar surface area (TPSA) is 50.4 Å². The molecule has 3 nitrogen and oxygen atoms in total. The van der Waals surface area contributed by atoms with Crippen LogP contribution in [0.1, 0.15) is 39.0 Å². The van der Waals surface area contributed by atoms with Crippen LogP contribution in [0.5, 0.6) is 0 Å². The number of rotatable bonds is 7. The molecular weight excluding hydrogens is 219 g/mol. The number of nitrogens with two attached hydrogens (primary N) is 1. The van der Waals surface area contributed by atoms with Gasteiger partial charge in [0.05, 0.1) is 6.42 Å². The van der Waals surface area contributed by atoms with Crippen molar-refractivity contribution in [3.05, 3.63) is 0 Å². The van der Waals surface area contributed by atoms with Gasteiger partial charge in [-0.2, -0.15) is 13.2 Å². The number of hydrogen-bond donors (Lipinski definition) is 2. The van der Waals surface area contributed by atoms with E-state index in [9.17, 15) is 13.2 Å². The van der Waals surface area contributed by atoms with E-state index in [0.29, 0.717) is 6.54 Å². The lowest BCUT2D eigenvalue weighted by atomic mass is 10.2. The van der Waals surface area contributed by atoms with Gasteiger partial charge in [0.25, 0.3) is 0 Å². The Morgan fingerprint density at radius 3 is 2.50 bits per heavy atom. The van der Waals surface area contributed by atoms with Gasteiger partial charge in [-0.1, -0.05) is 26.2 Å². The molecule has 0 saturated heterocycles. The molecule has 0 rings (SSSR count). The lowest BCUT2D eigenvalue weighted by Gasteiger charge is -2.07. The van der Waals surface area contributed by atoms with E-state index in [1.807, 2.05) is 0 Å². The van der Waals surface area contributed by atoms with Crippen LogP contribution in [0.15, 0.2) is 4.99 Å². The van der Waals surface area contributed by atoms with E-state index in [4.69, 9.17) is 5.73 Å². The summed E-state index contributed by atoms with van der Waals surface area (Å²) in [6.07, 6.45) is -0.737. The molecule has 3 N–H and O–H groups in total. The lowest BCUT2D eigenvalue weighted by molar-refractivity contribution is -0.132. The number of aliphatic imine (C=N–C) groups is 1. The van der Waals surface area contributed by atoms with Crippen molar-refractivity contribution in [2.24, 2.45) is 10.7 Å². The van der Waals surface area contributed by atoms with Crippen molar-refractivity contribution in [2.75, 3.05) is 13.1 Å². The van der Waals surface area contributed by atoms with Crippen LogP contribution in [-0.4, -0.2) is 25.2 Å². The summed E-state index contributed by atoms with van der Waals surface area (Å²) in [4.78, 5) is 3.93. The Morgan fingerprint density at radius 2 is 1.94 bits per heavy atom. The molecule has 96 valence electrons. The third-order valence-electron chi connectivity index (χ3n) is 2.01. The molecule has 0 aliphatic heterocycles. The van der Waals surface area contributed by atoms with Gasteiger partial charge in [0.15, 0.2) is 5.96 Å². The van der Waals surface area contributed by atoms with Gasteiger partial charge in [0.2, 0.25) is 0 Å². The zero-order valence-electron chi connectivity index (χ0n) is 9.61. The normalized spacial score (nSPS) is 12.9. The first-order valence-corrected chi connectivity index (χ1v) is 5.56. The SMILES string of the molecule is CCCCCCN=C(N)NCCC(F)(F)F. The maximum atomic E-state index is 11.8. The standard InChI is InChI=1S/C10H20F3N3/c1-2-3-4-5-7-15-9(14)16-8-6-10(11,12)13/h2-8H2,1H3,(H3,14,15,16). The zero-order chi connectivity index (χ0) is 12.4. The van der Waals surface area contributed by atoms with E-state index in [1.165, 1.54) is 0 Å². The Kier molecular flexibility index (Phi) is 7.76. The highest BCUT2D eigenvalue weighted by atomic mass is 19.4. The smallest absolute Gasteiger partial charge is 0.370 e. The molecule has 0 aliphatic carbocycles. The van der Waals surface area contributed by atoms with Crippen LogP contribution >= 0.6 is 0 Å². The molecule has 0 aromatic rings. The number of nitrogens with zero attached hydrogens (tertiary/aromatic N) is 1. The molecule has 16 heavy (non-hydrogen) atoms. The van der Waals surface area contributed by atoms with E-state index in [2.05, 4.69) is 17.2 Å². The Hall–Kier alpha value is -0.940. The molecule has 0 fully saturated rings. The van der Waals surface area contributed by atoms with Crippen molar-refractivity contribution < 1.29 is 13.2 Å². The first kappa shape index (κ1) is 15.1. The van der Waals surface area contributed by atoms with Gasteiger partial charge < -0.3 is 11.1 Å². The monoisotopic (exact) mass is 239 g/mol. The van der Waals surface area contributed by atoms with Crippen LogP contribution in [0.2, 0.25) is 0 Å². The fourth-order valence-electron chi connectivity index (χ4n) is 1.13. The highest BCUT2D eigenvalue weighted by Gasteiger charge is 2.26. The summed E-state index contributed by atoms with van der Waals surface area (Å²) in [6, 6.07) is 0. The molecule has 0 spiro atoms. The minimum absolute atomic E-state index is 0.0979. The van der Waals surface area contributed by atoms with Gasteiger partial charge in [-0.3, -0.25) is 4.99 Å². The summed E-state index contributed by atoms with van der Waals surface area (Å²) in [6.45, 7) is 2.47. The third-order valence-corrected chi connectivity index (χ3v) is 2.01. The molecule has 0 saturated carbocycles. The van der Waals surface area contributed by atoms with Gasteiger partial charge in [0.1, 0.15) is 0 Å². The zero-order valence-corrected chi connectivity index (χ0v) is 9.61. The van der Waals surface area contributed by atoms with Crippen LogP contribution in [0.3, 0.4) is 0 Å². The second-order valence-electron chi connectivity index (χ2n) is 3.62. The van der Waals surface area contributed by atoms with Gasteiger partial charge in [-0.25, -0.2) is 0 Å². The maximum Gasteiger partial charge on any atom is 0.390 e. The highest BCUT2D eigenvalue weighted by molar-refractivity contribution is 5.77. The molecule has 0 atom stereocenters. The van der Waals surface area contributed by atoms with E-state index >= 15 is 0 Å². The Labute approximate surface area is 94.3 Å². The number of alkyl halides is 3. The summed E-state index contributed by atoms with van der Waals surface area (Å²) in [5, 5.41) is 2.44. The van der Waals surface area contributed by atoms with Gasteiger partial charge in [-0.05, 0) is 6.42 Å². The molecule has 0 heterocycles. The number of unbranched alkanes of at least 4 members (excludes halogenated alkanes) is 3. The van der Waals surface area contributed by atoms with Crippen molar-refractivity contribution in [2.45, 2.75) is 45.2 Å². The largest absolute Gasteiger partial charge is 0.390 e. The molecule has 0 radical (unpaired) electrons. The molecular formula is C10H20F3N3. The maximum absolute atomic E-state index is 11.8. The first-order valence-electron chi connectivity index (χ1n) is 5.56. The predicted molar refractivity (Wildman–Crippen MR) is 59.3 cm³/mol. The minimum atomic E-state index is -4.14. The van der Waals surface area contributed by atoms with Gasteiger partial charge in [-0.15, -0.1) is 0 Å². The molecule has 0 aromatic heterocycles. The van der Waals surface area contributed by atoms with E-state index in [0.717, 1.165) is 25.7 Å². The Morgan fingerprint density at radius 1 is 1.25 bits per heavy atom. The van der Waals surface area contributed by atoms with Crippen LogP contribution in [0, 0.1) is 0 Å². The van der Waals surface area contributed by atoms with Crippen LogP contribution in [0.25, 0.3) is 0 Å². The van der Waals surface area contributed by atoms with Crippen LogP contribution in [-0.2, 0) is 0 Å². The number of halogens is 3. The predicted octanol–water partition coefficient (Wildman–Crippen LogP) is 2.42. The summed E-state index contributed by atoms with van der Waals surface area (Å²) >= 11 is 0. The molecule has 0 aliphatic rings. The number of hydrogen-bond acceptors (Lipinski definition) is 1. The van der Waals surface area contributed by atoms with Crippen LogP contribution in [0.4, 0.5) is 13.2 Å². The second kappa shape index (κ2) is 8.24. The molecule has 0 unspecified atom stereocenters. The molecule has 0 aromatic carbocycles. The van der Waals surface area contributed by atoms with E-state index < -0.39 is 12.6 Å². The van der Waals surface area contributed by atoms with Crippen molar-refractivity contribution in [3.8, 4) is 0 Å². The molecule has 6 heteroatoms. The molecule has 0 amide bonds. The number of guanidine groups is 1. The van der Waals surface area contributed by atoms with Crippen molar-refractivity contribution >= 4 is 5.96 Å². The third kappa shape index (κ3) is 11.1. The minimum Gasteiger partial charge on any atom is -0.370 e. The fraction of sp³-hybridized carbons (Fsp3) is 0.900. The van der Waals surface area contributed by atoms with E-state index in [1.54, 1.807) is 0 Å². The fourth-order valence-corrected chi connectivity index (χ4v) is 1.13. The van der Waals surface area contributed by atoms with Crippen molar-refractivity contribution in [1.82, 2.24) is 5.32 Å². The van der Waals surface area contributed by atoms with Gasteiger partial charge >= 0.3 is 6.18 Å². The second-order valence-corrected chi connectivity index (χ2v) is 3.62. The first-order chi connectivity index (χ1) is 7.45. The Balaban J connectivity index is 3.48. The highest BCUT2D eigenvalue weighted by Crippen LogP contribution is 2.17. The average Bonchev–Trinajstić information content (AvgIpc) is 2.15. The quantitative estimate of drug-likeness (QED) is 0.407. The summed E-state index contributed by atoms with van der Waals surface area (Å²) in [5.41, 5.74) is 5.39. The van der Waals surface area contributed by atoms with Crippen molar-refractivity contribution in [3.63, 3.8) is 0 Å². The van der Waals surface area contributed by atoms with Crippen LogP contribution < -0.4 is 11.1 Å². The average molecular weight is 239 g/mol. The Bertz CT molecular complexity index is 202. The lowest BCUT2D eigenvalue weighted by Crippen LogP contribution is -2.34.